The van der Waals surface area contributed by atoms with E-state index in [9.17, 15) is 0 Å². The molecule has 0 fully saturated rings. The molecule has 0 aliphatic rings. The molecule has 0 aliphatic heterocycles. The van der Waals surface area contributed by atoms with Crippen LogP contribution in [0.15, 0.2) is 29.3 Å². The first-order valence-corrected chi connectivity index (χ1v) is 8.89. The fourth-order valence-corrected chi connectivity index (χ4v) is 2.58. The van der Waals surface area contributed by atoms with Crippen molar-refractivity contribution in [2.24, 2.45) is 0 Å². The topological polar surface area (TPSA) is 12.0 Å². The Labute approximate surface area is 133 Å². The first kappa shape index (κ1) is 17.3. The van der Waals surface area contributed by atoms with Gasteiger partial charge >= 0.3 is 0 Å². The largest absolute Gasteiger partial charge is 0.385 e. The highest BCUT2D eigenvalue weighted by atomic mass is 79.9. The molecule has 0 spiro atoms. The van der Waals surface area contributed by atoms with Crippen molar-refractivity contribution in [3.63, 3.8) is 0 Å². The third-order valence-electron chi connectivity index (χ3n) is 3.53. The molecule has 0 bridgehead atoms. The van der Waals surface area contributed by atoms with E-state index in [1.807, 2.05) is 11.1 Å². The van der Waals surface area contributed by atoms with Gasteiger partial charge in [-0.25, -0.2) is 0 Å². The molecule has 1 aromatic rings. The van der Waals surface area contributed by atoms with Gasteiger partial charge in [0.1, 0.15) is 0 Å². The van der Waals surface area contributed by atoms with E-state index in [0.717, 1.165) is 6.54 Å². The molecule has 1 aromatic carbocycles. The Morgan fingerprint density at radius 2 is 1.50 bits per heavy atom. The van der Waals surface area contributed by atoms with E-state index in [2.05, 4.69) is 52.4 Å². The number of anilines is 1. The maximum atomic E-state index is 3.49. The van der Waals surface area contributed by atoms with E-state index in [4.69, 9.17) is 0 Å². The lowest BCUT2D eigenvalue weighted by atomic mass is 10.1. The molecule has 20 heavy (non-hydrogen) atoms. The first-order valence-electron chi connectivity index (χ1n) is 7.97. The molecule has 1 nitrogen and oxygen atoms in total. The van der Waals surface area contributed by atoms with Gasteiger partial charge in [0, 0.05) is 12.2 Å². The van der Waals surface area contributed by atoms with Gasteiger partial charge in [-0.3, -0.25) is 0 Å². The Morgan fingerprint density at radius 1 is 0.900 bits per heavy atom. The molecule has 1 N–H and O–H groups in total. The van der Waals surface area contributed by atoms with Crippen molar-refractivity contribution in [1.82, 2.24) is 0 Å². The third-order valence-corrected chi connectivity index (χ3v) is 3.79. The maximum Gasteiger partial charge on any atom is 0.0340 e. The summed E-state index contributed by atoms with van der Waals surface area (Å²) in [7, 11) is 0. The Hall–Kier alpha value is -0.760. The molecule has 0 radical (unpaired) electrons. The summed E-state index contributed by atoms with van der Waals surface area (Å²) in [6.07, 6.45) is 13.1. The molecule has 0 saturated carbocycles. The maximum absolute atomic E-state index is 3.49. The number of hydrogen-bond donors (Lipinski definition) is 1. The molecule has 0 aromatic heterocycles. The van der Waals surface area contributed by atoms with E-state index >= 15 is 0 Å². The van der Waals surface area contributed by atoms with Crippen molar-refractivity contribution >= 4 is 27.7 Å². The van der Waals surface area contributed by atoms with E-state index < -0.39 is 0 Å². The number of benzene rings is 1. The zero-order chi connectivity index (χ0) is 14.5. The number of nitrogens with one attached hydrogen (secondary N) is 1. The molecule has 0 unspecified atom stereocenters. The molecule has 2 heteroatoms. The van der Waals surface area contributed by atoms with Crippen molar-refractivity contribution < 1.29 is 0 Å². The van der Waals surface area contributed by atoms with Gasteiger partial charge in [-0.2, -0.15) is 0 Å². The van der Waals surface area contributed by atoms with Crippen LogP contribution in [-0.4, -0.2) is 6.54 Å². The average Bonchev–Trinajstić information content (AvgIpc) is 2.47. The van der Waals surface area contributed by atoms with Gasteiger partial charge in [0.25, 0.3) is 0 Å². The summed E-state index contributed by atoms with van der Waals surface area (Å²) < 4.78 is 0. The number of unbranched alkanes of at least 4 members (excludes halogenated alkanes) is 7. The predicted molar refractivity (Wildman–Crippen MR) is 95.5 cm³/mol. The monoisotopic (exact) mass is 337 g/mol. The van der Waals surface area contributed by atoms with Crippen LogP contribution in [0.25, 0.3) is 6.08 Å². The normalized spacial score (nSPS) is 11.1. The van der Waals surface area contributed by atoms with E-state index in [1.165, 1.54) is 62.6 Å². The molecule has 0 heterocycles. The first-order chi connectivity index (χ1) is 9.86. The summed E-state index contributed by atoms with van der Waals surface area (Å²) in [5.41, 5.74) is 2.44. The van der Waals surface area contributed by atoms with E-state index in [-0.39, 0.29) is 0 Å². The molecule has 1 rings (SSSR count). The van der Waals surface area contributed by atoms with Crippen LogP contribution < -0.4 is 5.32 Å². The van der Waals surface area contributed by atoms with Crippen molar-refractivity contribution in [2.45, 2.75) is 58.3 Å². The van der Waals surface area contributed by atoms with E-state index in [1.54, 1.807) is 0 Å². The molecule has 0 aliphatic carbocycles. The molecular formula is C18H28BrN. The SMILES string of the molecule is CCCCCCCCCCNc1ccc(C=CBr)cc1. The lowest BCUT2D eigenvalue weighted by molar-refractivity contribution is 0.581. The summed E-state index contributed by atoms with van der Waals surface area (Å²) in [4.78, 5) is 1.88. The highest BCUT2D eigenvalue weighted by Gasteiger charge is 1.93. The molecule has 112 valence electrons. The predicted octanol–water partition coefficient (Wildman–Crippen LogP) is 6.60. The van der Waals surface area contributed by atoms with Crippen LogP contribution in [-0.2, 0) is 0 Å². The fourth-order valence-electron chi connectivity index (χ4n) is 2.28. The fraction of sp³-hybridized carbons (Fsp3) is 0.556. The van der Waals surface area contributed by atoms with Crippen molar-refractivity contribution in [1.29, 1.82) is 0 Å². The van der Waals surface area contributed by atoms with Gasteiger partial charge in [-0.15, -0.1) is 0 Å². The van der Waals surface area contributed by atoms with Crippen LogP contribution in [0.2, 0.25) is 0 Å². The zero-order valence-electron chi connectivity index (χ0n) is 12.7. The number of rotatable bonds is 11. The second-order valence-corrected chi connectivity index (χ2v) is 5.84. The lowest BCUT2D eigenvalue weighted by Gasteiger charge is -2.06. The van der Waals surface area contributed by atoms with Crippen LogP contribution in [0.4, 0.5) is 5.69 Å². The van der Waals surface area contributed by atoms with Crippen LogP contribution in [0.5, 0.6) is 0 Å². The minimum atomic E-state index is 1.09. The van der Waals surface area contributed by atoms with Crippen LogP contribution in [0.1, 0.15) is 63.9 Å². The lowest BCUT2D eigenvalue weighted by Crippen LogP contribution is -2.01. The average molecular weight is 338 g/mol. The Kier molecular flexibility index (Phi) is 10.4. The van der Waals surface area contributed by atoms with Gasteiger partial charge in [-0.05, 0) is 35.2 Å². The Bertz CT molecular complexity index is 356. The zero-order valence-corrected chi connectivity index (χ0v) is 14.3. The quantitative estimate of drug-likeness (QED) is 0.448. The summed E-state index contributed by atoms with van der Waals surface area (Å²) >= 11 is 3.29. The van der Waals surface area contributed by atoms with Crippen molar-refractivity contribution in [2.75, 3.05) is 11.9 Å². The minimum Gasteiger partial charge on any atom is -0.385 e. The number of hydrogen-bond acceptors (Lipinski definition) is 1. The Morgan fingerprint density at radius 3 is 2.10 bits per heavy atom. The molecule has 0 saturated heterocycles. The Balaban J connectivity index is 2.01. The van der Waals surface area contributed by atoms with Crippen LogP contribution >= 0.6 is 15.9 Å². The summed E-state index contributed by atoms with van der Waals surface area (Å²) in [6, 6.07) is 8.56. The van der Waals surface area contributed by atoms with Crippen molar-refractivity contribution in [3.8, 4) is 0 Å². The van der Waals surface area contributed by atoms with Crippen LogP contribution in [0, 0.1) is 0 Å². The highest BCUT2D eigenvalue weighted by molar-refractivity contribution is 9.11. The van der Waals surface area contributed by atoms with E-state index in [0.29, 0.717) is 0 Å². The van der Waals surface area contributed by atoms with Gasteiger partial charge in [-0.1, -0.05) is 79.9 Å². The molecule has 0 amide bonds. The van der Waals surface area contributed by atoms with Gasteiger partial charge in [0.15, 0.2) is 0 Å². The summed E-state index contributed by atoms with van der Waals surface area (Å²) in [6.45, 7) is 3.36. The van der Waals surface area contributed by atoms with Gasteiger partial charge < -0.3 is 5.32 Å². The van der Waals surface area contributed by atoms with Crippen molar-refractivity contribution in [3.05, 3.63) is 34.8 Å². The summed E-state index contributed by atoms with van der Waals surface area (Å²) in [5, 5.41) is 3.49. The highest BCUT2D eigenvalue weighted by Crippen LogP contribution is 2.12. The molecule has 0 atom stereocenters. The minimum absolute atomic E-state index is 1.09. The van der Waals surface area contributed by atoms with Crippen LogP contribution in [0.3, 0.4) is 0 Å². The summed E-state index contributed by atoms with van der Waals surface area (Å²) in [5.74, 6) is 0. The molecular weight excluding hydrogens is 310 g/mol. The second-order valence-electron chi connectivity index (χ2n) is 5.32. The second kappa shape index (κ2) is 12.0. The standard InChI is InChI=1S/C18H28BrN/c1-2-3-4-5-6-7-8-9-16-20-18-12-10-17(11-13-18)14-15-19/h10-15,20H,2-9,16H2,1H3. The van der Waals surface area contributed by atoms with Gasteiger partial charge in [0.05, 0.1) is 0 Å². The van der Waals surface area contributed by atoms with Gasteiger partial charge in [0.2, 0.25) is 0 Å². The smallest absolute Gasteiger partial charge is 0.0340 e. The third kappa shape index (κ3) is 8.42. The number of halogens is 1.